The number of rotatable bonds is 5. The predicted molar refractivity (Wildman–Crippen MR) is 135 cm³/mol. The summed E-state index contributed by atoms with van der Waals surface area (Å²) in [6.45, 7) is 5.73. The third kappa shape index (κ3) is 4.09. The Morgan fingerprint density at radius 2 is 1.74 bits per heavy atom. The SMILES string of the molecule is CC(=O)N1c2ccc(-c3ccc(C)c(N(C)S(=O)(=O)C=N)c3)cc2N(C(=O)C2CCC2)C[C@@H]1C. The molecule has 1 saturated carbocycles. The molecule has 2 aromatic carbocycles. The van der Waals surface area contributed by atoms with Gasteiger partial charge in [0.05, 0.1) is 23.1 Å². The topological polar surface area (TPSA) is 102 Å². The van der Waals surface area contributed by atoms with Crippen LogP contribution >= 0.6 is 0 Å². The molecule has 1 aliphatic heterocycles. The van der Waals surface area contributed by atoms with E-state index in [0.717, 1.165) is 40.3 Å². The fourth-order valence-electron chi connectivity index (χ4n) is 4.71. The average molecular weight is 483 g/mol. The van der Waals surface area contributed by atoms with E-state index in [1.807, 2.05) is 49.1 Å². The van der Waals surface area contributed by atoms with Crippen LogP contribution in [0.1, 0.15) is 38.7 Å². The van der Waals surface area contributed by atoms with Crippen molar-refractivity contribution < 1.29 is 18.0 Å². The van der Waals surface area contributed by atoms with Crippen molar-refractivity contribution >= 4 is 44.4 Å². The number of aryl methyl sites for hydroxylation is 1. The lowest BCUT2D eigenvalue weighted by atomic mass is 9.84. The Hall–Kier alpha value is -3.20. The van der Waals surface area contributed by atoms with Gasteiger partial charge in [-0.1, -0.05) is 24.6 Å². The molecule has 0 spiro atoms. The quantitative estimate of drug-likeness (QED) is 0.515. The van der Waals surface area contributed by atoms with E-state index in [1.165, 1.54) is 14.0 Å². The fourth-order valence-corrected chi connectivity index (χ4v) is 5.34. The molecule has 180 valence electrons. The zero-order valence-corrected chi connectivity index (χ0v) is 20.7. The molecule has 0 saturated heterocycles. The van der Waals surface area contributed by atoms with E-state index >= 15 is 0 Å². The van der Waals surface area contributed by atoms with E-state index in [4.69, 9.17) is 5.41 Å². The largest absolute Gasteiger partial charge is 0.308 e. The summed E-state index contributed by atoms with van der Waals surface area (Å²) >= 11 is 0. The molecule has 34 heavy (non-hydrogen) atoms. The van der Waals surface area contributed by atoms with Crippen LogP contribution in [0.2, 0.25) is 0 Å². The fraction of sp³-hybridized carbons (Fsp3) is 0.400. The average Bonchev–Trinajstić information content (AvgIpc) is 2.76. The van der Waals surface area contributed by atoms with Crippen LogP contribution in [0, 0.1) is 18.3 Å². The molecular formula is C25H30N4O4S. The molecule has 1 aliphatic carbocycles. The molecule has 1 fully saturated rings. The number of sulfonamides is 1. The van der Waals surface area contributed by atoms with Gasteiger partial charge in [-0.25, -0.2) is 8.42 Å². The van der Waals surface area contributed by atoms with Gasteiger partial charge in [-0.3, -0.25) is 19.3 Å². The van der Waals surface area contributed by atoms with Crippen molar-refractivity contribution in [3.63, 3.8) is 0 Å². The Morgan fingerprint density at radius 1 is 1.09 bits per heavy atom. The first-order valence-electron chi connectivity index (χ1n) is 11.4. The van der Waals surface area contributed by atoms with Gasteiger partial charge in [0.1, 0.15) is 5.55 Å². The predicted octanol–water partition coefficient (Wildman–Crippen LogP) is 3.92. The van der Waals surface area contributed by atoms with Crippen molar-refractivity contribution in [2.45, 2.75) is 46.1 Å². The van der Waals surface area contributed by atoms with Crippen molar-refractivity contribution in [2.75, 3.05) is 27.7 Å². The van der Waals surface area contributed by atoms with Gasteiger partial charge in [-0.05, 0) is 61.6 Å². The molecule has 0 bridgehead atoms. The highest BCUT2D eigenvalue weighted by molar-refractivity contribution is 8.05. The molecule has 4 rings (SSSR count). The van der Waals surface area contributed by atoms with Crippen LogP contribution in [0.15, 0.2) is 36.4 Å². The molecule has 1 heterocycles. The van der Waals surface area contributed by atoms with Gasteiger partial charge in [-0.2, -0.15) is 0 Å². The van der Waals surface area contributed by atoms with Crippen LogP contribution in [-0.4, -0.2) is 45.4 Å². The minimum atomic E-state index is -3.86. The van der Waals surface area contributed by atoms with Crippen LogP contribution < -0.4 is 14.1 Å². The highest BCUT2D eigenvalue weighted by Crippen LogP contribution is 2.41. The zero-order chi connectivity index (χ0) is 24.8. The van der Waals surface area contributed by atoms with Gasteiger partial charge in [0, 0.05) is 26.4 Å². The van der Waals surface area contributed by atoms with Crippen LogP contribution in [0.25, 0.3) is 11.1 Å². The van der Waals surface area contributed by atoms with Gasteiger partial charge >= 0.3 is 0 Å². The minimum Gasteiger partial charge on any atom is -0.308 e. The van der Waals surface area contributed by atoms with Gasteiger partial charge in [0.15, 0.2) is 0 Å². The standard InChI is InChI=1S/C25H30N4O4S/c1-16-8-9-20(12-23(16)27(4)34(32,33)15-26)21-10-11-22-24(13-21)28(25(31)19-6-5-7-19)14-17(2)29(22)18(3)30/h8-13,15,17,19,26H,5-7,14H2,1-4H3/t17-/m0/s1. The zero-order valence-electron chi connectivity index (χ0n) is 19.9. The smallest absolute Gasteiger partial charge is 0.273 e. The second-order valence-electron chi connectivity index (χ2n) is 9.15. The highest BCUT2D eigenvalue weighted by atomic mass is 32.2. The van der Waals surface area contributed by atoms with E-state index in [0.29, 0.717) is 29.2 Å². The third-order valence-corrected chi connectivity index (χ3v) is 8.14. The minimum absolute atomic E-state index is 0.0264. The number of anilines is 3. The Labute approximate surface area is 200 Å². The first kappa shape index (κ1) is 23.9. The van der Waals surface area contributed by atoms with Gasteiger partial charge in [0.25, 0.3) is 10.0 Å². The number of carbonyl (C=O) groups excluding carboxylic acids is 2. The molecule has 0 unspecified atom stereocenters. The number of amides is 2. The monoisotopic (exact) mass is 482 g/mol. The number of carbonyl (C=O) groups is 2. The maximum Gasteiger partial charge on any atom is 0.273 e. The van der Waals surface area contributed by atoms with Crippen LogP contribution in [0.3, 0.4) is 0 Å². The Morgan fingerprint density at radius 3 is 2.32 bits per heavy atom. The number of nitrogens with one attached hydrogen (secondary N) is 1. The molecule has 2 aliphatic rings. The van der Waals surface area contributed by atoms with E-state index < -0.39 is 10.0 Å². The molecule has 0 radical (unpaired) electrons. The summed E-state index contributed by atoms with van der Waals surface area (Å²) in [4.78, 5) is 29.2. The Bertz CT molecular complexity index is 1270. The number of fused-ring (bicyclic) bond motifs is 1. The number of hydrogen-bond acceptors (Lipinski definition) is 5. The van der Waals surface area contributed by atoms with Gasteiger partial charge < -0.3 is 9.80 Å². The molecule has 2 aromatic rings. The van der Waals surface area contributed by atoms with Crippen molar-refractivity contribution in [1.29, 1.82) is 5.41 Å². The summed E-state index contributed by atoms with van der Waals surface area (Å²) in [6, 6.07) is 11.0. The first-order valence-corrected chi connectivity index (χ1v) is 12.9. The van der Waals surface area contributed by atoms with E-state index in [9.17, 15) is 18.0 Å². The van der Waals surface area contributed by atoms with Gasteiger partial charge in [-0.15, -0.1) is 0 Å². The summed E-state index contributed by atoms with van der Waals surface area (Å²) in [5.41, 5.74) is 4.65. The lowest BCUT2D eigenvalue weighted by molar-refractivity contribution is -0.125. The van der Waals surface area contributed by atoms with Crippen LogP contribution in [-0.2, 0) is 19.6 Å². The summed E-state index contributed by atoms with van der Waals surface area (Å²) in [6.07, 6.45) is 2.85. The molecular weight excluding hydrogens is 452 g/mol. The highest BCUT2D eigenvalue weighted by Gasteiger charge is 2.37. The summed E-state index contributed by atoms with van der Waals surface area (Å²) in [5, 5.41) is 7.24. The third-order valence-electron chi connectivity index (χ3n) is 6.89. The van der Waals surface area contributed by atoms with Crippen LogP contribution in [0.5, 0.6) is 0 Å². The molecule has 9 heteroatoms. The molecule has 0 aromatic heterocycles. The van der Waals surface area contributed by atoms with Gasteiger partial charge in [0.2, 0.25) is 11.8 Å². The Balaban J connectivity index is 1.81. The van der Waals surface area contributed by atoms with Crippen molar-refractivity contribution in [3.05, 3.63) is 42.0 Å². The molecule has 2 amide bonds. The maximum atomic E-state index is 13.3. The first-order chi connectivity index (χ1) is 16.0. The second-order valence-corrected chi connectivity index (χ2v) is 11.0. The number of hydrogen-bond donors (Lipinski definition) is 1. The van der Waals surface area contributed by atoms with E-state index in [1.54, 1.807) is 11.0 Å². The number of benzene rings is 2. The van der Waals surface area contributed by atoms with Crippen molar-refractivity contribution in [1.82, 2.24) is 0 Å². The lowest BCUT2D eigenvalue weighted by Gasteiger charge is -2.43. The molecule has 1 atom stereocenters. The Kier molecular flexibility index (Phi) is 6.24. The van der Waals surface area contributed by atoms with Crippen molar-refractivity contribution in [3.8, 4) is 11.1 Å². The lowest BCUT2D eigenvalue weighted by Crippen LogP contribution is -2.53. The summed E-state index contributed by atoms with van der Waals surface area (Å²) in [7, 11) is -2.44. The van der Waals surface area contributed by atoms with E-state index in [2.05, 4.69) is 0 Å². The van der Waals surface area contributed by atoms with E-state index in [-0.39, 0.29) is 23.8 Å². The normalized spacial score (nSPS) is 18.2. The number of nitrogens with zero attached hydrogens (tertiary/aromatic N) is 3. The molecule has 1 N–H and O–H groups in total. The van der Waals surface area contributed by atoms with Crippen LogP contribution in [0.4, 0.5) is 17.1 Å². The maximum absolute atomic E-state index is 13.3. The summed E-state index contributed by atoms with van der Waals surface area (Å²) in [5.74, 6) is 0.0491. The second kappa shape index (κ2) is 8.87. The van der Waals surface area contributed by atoms with Crippen molar-refractivity contribution in [2.24, 2.45) is 5.92 Å². The summed E-state index contributed by atoms with van der Waals surface area (Å²) < 4.78 is 25.6. The molecule has 8 nitrogen and oxygen atoms in total.